The number of amides is 2. The lowest BCUT2D eigenvalue weighted by Gasteiger charge is -2.09. The molecule has 0 aliphatic heterocycles. The first-order chi connectivity index (χ1) is 12.7. The van der Waals surface area contributed by atoms with Gasteiger partial charge in [0.2, 0.25) is 0 Å². The maximum Gasteiger partial charge on any atom is 0.267 e. The van der Waals surface area contributed by atoms with Crippen molar-refractivity contribution in [2.24, 2.45) is 0 Å². The van der Waals surface area contributed by atoms with Crippen LogP contribution in [-0.2, 0) is 9.59 Å². The van der Waals surface area contributed by atoms with Crippen molar-refractivity contribution in [2.75, 3.05) is 0 Å². The smallest absolute Gasteiger partial charge is 0.267 e. The highest BCUT2D eigenvalue weighted by molar-refractivity contribution is 6.24. The average molecular weight is 348 g/mol. The summed E-state index contributed by atoms with van der Waals surface area (Å²) in [5.74, 6) is -0.653. The molecule has 0 heterocycles. The number of carbonyl (C=O) groups excluding carboxylic acids is 2. The largest absolute Gasteiger partial charge is 0.349 e. The first kappa shape index (κ1) is 17.6. The highest BCUT2D eigenvalue weighted by Gasteiger charge is 2.25. The standard InChI is InChI=1S/C21H20N2O3/c24-20(23-26)13-10-15-6-8-16(9-7-15)14-19(17-4-2-1-3-5-17)21(25)22-18-11-12-18/h1-10,13-14,18,26H,11-12H2,(H,22,25)(H,23,24). The molecule has 2 aromatic carbocycles. The van der Waals surface area contributed by atoms with E-state index in [4.69, 9.17) is 5.21 Å². The van der Waals surface area contributed by atoms with Crippen LogP contribution in [0.25, 0.3) is 17.7 Å². The van der Waals surface area contributed by atoms with Crippen molar-refractivity contribution in [1.29, 1.82) is 0 Å². The Morgan fingerprint density at radius 2 is 1.62 bits per heavy atom. The Hall–Kier alpha value is -3.18. The summed E-state index contributed by atoms with van der Waals surface area (Å²) in [7, 11) is 0. The van der Waals surface area contributed by atoms with Crippen LogP contribution in [0.3, 0.4) is 0 Å². The van der Waals surface area contributed by atoms with Gasteiger partial charge in [-0.1, -0.05) is 54.6 Å². The molecule has 5 nitrogen and oxygen atoms in total. The summed E-state index contributed by atoms with van der Waals surface area (Å²) in [4.78, 5) is 23.6. The summed E-state index contributed by atoms with van der Waals surface area (Å²) >= 11 is 0. The quantitative estimate of drug-likeness (QED) is 0.325. The van der Waals surface area contributed by atoms with Crippen molar-refractivity contribution in [3.05, 3.63) is 77.4 Å². The van der Waals surface area contributed by atoms with E-state index in [0.717, 1.165) is 29.5 Å². The molecule has 1 aliphatic rings. The van der Waals surface area contributed by atoms with E-state index in [1.165, 1.54) is 6.08 Å². The van der Waals surface area contributed by atoms with Crippen LogP contribution in [-0.4, -0.2) is 23.1 Å². The zero-order chi connectivity index (χ0) is 18.4. The molecular formula is C21H20N2O3. The minimum Gasteiger partial charge on any atom is -0.349 e. The predicted molar refractivity (Wildman–Crippen MR) is 101 cm³/mol. The van der Waals surface area contributed by atoms with Crippen LogP contribution in [0, 0.1) is 0 Å². The predicted octanol–water partition coefficient (Wildman–Crippen LogP) is 3.02. The molecule has 3 N–H and O–H groups in total. The van der Waals surface area contributed by atoms with Crippen LogP contribution in [0.5, 0.6) is 0 Å². The average Bonchev–Trinajstić information content (AvgIpc) is 3.49. The molecule has 0 unspecified atom stereocenters. The highest BCUT2D eigenvalue weighted by atomic mass is 16.5. The summed E-state index contributed by atoms with van der Waals surface area (Å²) in [6.45, 7) is 0. The normalized spacial score (nSPS) is 14.3. The summed E-state index contributed by atoms with van der Waals surface area (Å²) in [5.41, 5.74) is 4.74. The molecule has 1 fully saturated rings. The first-order valence-electron chi connectivity index (χ1n) is 8.46. The number of rotatable bonds is 6. The third kappa shape index (κ3) is 4.91. The minimum atomic E-state index is -0.586. The van der Waals surface area contributed by atoms with Gasteiger partial charge in [-0.25, -0.2) is 5.48 Å². The van der Waals surface area contributed by atoms with Crippen molar-refractivity contribution in [3.63, 3.8) is 0 Å². The van der Waals surface area contributed by atoms with Gasteiger partial charge in [0.25, 0.3) is 11.8 Å². The summed E-state index contributed by atoms with van der Waals surface area (Å²) in [6, 6.07) is 17.3. The lowest BCUT2D eigenvalue weighted by Crippen LogP contribution is -2.26. The van der Waals surface area contributed by atoms with Gasteiger partial charge in [-0.05, 0) is 41.7 Å². The second-order valence-corrected chi connectivity index (χ2v) is 6.15. The fourth-order valence-electron chi connectivity index (χ4n) is 2.47. The van der Waals surface area contributed by atoms with E-state index in [-0.39, 0.29) is 5.91 Å². The third-order valence-corrected chi connectivity index (χ3v) is 4.03. The summed E-state index contributed by atoms with van der Waals surface area (Å²) in [5, 5.41) is 11.5. The molecule has 1 saturated carbocycles. The lowest BCUT2D eigenvalue weighted by atomic mass is 10.0. The number of benzene rings is 2. The topological polar surface area (TPSA) is 78.4 Å². The molecule has 5 heteroatoms. The van der Waals surface area contributed by atoms with E-state index < -0.39 is 5.91 Å². The second kappa shape index (κ2) is 8.27. The fourth-order valence-corrected chi connectivity index (χ4v) is 2.47. The van der Waals surface area contributed by atoms with Gasteiger partial charge in [0.15, 0.2) is 0 Å². The van der Waals surface area contributed by atoms with Gasteiger partial charge in [0, 0.05) is 17.7 Å². The van der Waals surface area contributed by atoms with Crippen molar-refractivity contribution in [2.45, 2.75) is 18.9 Å². The zero-order valence-electron chi connectivity index (χ0n) is 14.2. The monoisotopic (exact) mass is 348 g/mol. The molecule has 0 atom stereocenters. The van der Waals surface area contributed by atoms with Crippen molar-refractivity contribution in [3.8, 4) is 0 Å². The second-order valence-electron chi connectivity index (χ2n) is 6.15. The zero-order valence-corrected chi connectivity index (χ0v) is 14.2. The molecule has 0 saturated heterocycles. The van der Waals surface area contributed by atoms with Gasteiger partial charge < -0.3 is 5.32 Å². The molecule has 0 spiro atoms. The maximum absolute atomic E-state index is 12.6. The van der Waals surface area contributed by atoms with E-state index in [0.29, 0.717) is 11.6 Å². The van der Waals surface area contributed by atoms with Gasteiger partial charge in [-0.3, -0.25) is 14.8 Å². The Kier molecular flexibility index (Phi) is 5.61. The number of hydroxylamine groups is 1. The van der Waals surface area contributed by atoms with Crippen molar-refractivity contribution >= 4 is 29.5 Å². The Balaban J connectivity index is 1.83. The third-order valence-electron chi connectivity index (χ3n) is 4.03. The molecule has 2 aromatic rings. The molecular weight excluding hydrogens is 328 g/mol. The Morgan fingerprint density at radius 1 is 0.962 bits per heavy atom. The van der Waals surface area contributed by atoms with Crippen LogP contribution in [0.2, 0.25) is 0 Å². The molecule has 0 aromatic heterocycles. The summed E-state index contributed by atoms with van der Waals surface area (Å²) in [6.07, 6.45) is 6.77. The minimum absolute atomic E-state index is 0.0673. The number of hydrogen-bond donors (Lipinski definition) is 3. The van der Waals surface area contributed by atoms with E-state index in [9.17, 15) is 9.59 Å². The van der Waals surface area contributed by atoms with Gasteiger partial charge >= 0.3 is 0 Å². The van der Waals surface area contributed by atoms with E-state index in [2.05, 4.69) is 5.32 Å². The van der Waals surface area contributed by atoms with Gasteiger partial charge in [0.1, 0.15) is 0 Å². The first-order valence-corrected chi connectivity index (χ1v) is 8.46. The maximum atomic E-state index is 12.6. The molecule has 3 rings (SSSR count). The van der Waals surface area contributed by atoms with E-state index in [1.807, 2.05) is 60.7 Å². The molecule has 2 amide bonds. The van der Waals surface area contributed by atoms with Crippen LogP contribution in [0.1, 0.15) is 29.5 Å². The SMILES string of the molecule is O=C(C=Cc1ccc(C=C(C(=O)NC2CC2)c2ccccc2)cc1)NO. The van der Waals surface area contributed by atoms with Crippen LogP contribution in [0.4, 0.5) is 0 Å². The van der Waals surface area contributed by atoms with Crippen molar-refractivity contribution < 1.29 is 14.8 Å². The Morgan fingerprint density at radius 3 is 2.23 bits per heavy atom. The lowest BCUT2D eigenvalue weighted by molar-refractivity contribution is -0.124. The fraction of sp³-hybridized carbons (Fsp3) is 0.143. The molecule has 1 aliphatic carbocycles. The van der Waals surface area contributed by atoms with Gasteiger partial charge in [-0.2, -0.15) is 0 Å². The highest BCUT2D eigenvalue weighted by Crippen LogP contribution is 2.23. The Bertz CT molecular complexity index is 835. The molecule has 132 valence electrons. The Labute approximate surface area is 152 Å². The number of nitrogens with one attached hydrogen (secondary N) is 2. The van der Waals surface area contributed by atoms with Crippen LogP contribution < -0.4 is 10.8 Å². The van der Waals surface area contributed by atoms with E-state index >= 15 is 0 Å². The number of carbonyl (C=O) groups is 2. The van der Waals surface area contributed by atoms with Crippen LogP contribution >= 0.6 is 0 Å². The summed E-state index contributed by atoms with van der Waals surface area (Å²) < 4.78 is 0. The van der Waals surface area contributed by atoms with E-state index in [1.54, 1.807) is 11.6 Å². The molecule has 0 radical (unpaired) electrons. The van der Waals surface area contributed by atoms with Crippen LogP contribution in [0.15, 0.2) is 60.7 Å². The molecule has 0 bridgehead atoms. The van der Waals surface area contributed by atoms with Gasteiger partial charge in [-0.15, -0.1) is 0 Å². The number of hydrogen-bond acceptors (Lipinski definition) is 3. The molecule has 26 heavy (non-hydrogen) atoms. The van der Waals surface area contributed by atoms with Gasteiger partial charge in [0.05, 0.1) is 0 Å². The van der Waals surface area contributed by atoms with Crippen molar-refractivity contribution in [1.82, 2.24) is 10.8 Å².